The monoisotopic (exact) mass is 568 g/mol. The van der Waals surface area contributed by atoms with E-state index in [1.165, 1.54) is 6.07 Å². The number of anilines is 1. The van der Waals surface area contributed by atoms with Gasteiger partial charge in [0, 0.05) is 50.4 Å². The molecule has 9 heteroatoms. The van der Waals surface area contributed by atoms with Crippen molar-refractivity contribution in [3.05, 3.63) is 59.5 Å². The molecule has 0 spiro atoms. The summed E-state index contributed by atoms with van der Waals surface area (Å²) in [6, 6.07) is 10.6. The lowest BCUT2D eigenvalue weighted by Crippen LogP contribution is -2.44. The van der Waals surface area contributed by atoms with Crippen LogP contribution in [0.5, 0.6) is 0 Å². The fourth-order valence-corrected chi connectivity index (χ4v) is 3.97. The molecular weight excluding hydrogens is 534 g/mol. The lowest BCUT2D eigenvalue weighted by atomic mass is 9.84. The Morgan fingerprint density at radius 3 is 2.79 bits per heavy atom. The van der Waals surface area contributed by atoms with Gasteiger partial charge in [-0.2, -0.15) is 0 Å². The Hall–Kier alpha value is -2.43. The second kappa shape index (κ2) is 12.2. The van der Waals surface area contributed by atoms with Gasteiger partial charge in [0.2, 0.25) is 5.91 Å². The molecule has 1 aliphatic heterocycles. The van der Waals surface area contributed by atoms with E-state index in [0.717, 1.165) is 36.3 Å². The molecule has 0 saturated carbocycles. The fraction of sp³-hybridized carbons (Fsp3) is 0.458. The molecule has 33 heavy (non-hydrogen) atoms. The number of benzene rings is 1. The van der Waals surface area contributed by atoms with Gasteiger partial charge in [-0.3, -0.25) is 9.79 Å². The summed E-state index contributed by atoms with van der Waals surface area (Å²) in [4.78, 5) is 22.7. The van der Waals surface area contributed by atoms with Gasteiger partial charge in [-0.1, -0.05) is 32.0 Å². The van der Waals surface area contributed by atoms with Crippen LogP contribution in [0.2, 0.25) is 0 Å². The van der Waals surface area contributed by atoms with Crippen molar-refractivity contribution in [2.24, 2.45) is 16.6 Å². The summed E-state index contributed by atoms with van der Waals surface area (Å²) in [7, 11) is 1.72. The van der Waals surface area contributed by atoms with Gasteiger partial charge in [-0.25, -0.2) is 9.37 Å². The molecule has 7 nitrogen and oxygen atoms in total. The Labute approximate surface area is 212 Å². The van der Waals surface area contributed by atoms with Crippen molar-refractivity contribution in [3.8, 4) is 0 Å². The number of piperidine rings is 1. The van der Waals surface area contributed by atoms with Crippen molar-refractivity contribution in [1.82, 2.24) is 15.6 Å². The standard InChI is InChI=1S/C24H33FN6O.HI/c1-24(2,19-9-4-10-20(25)13-19)16-30-23(27-3)29-14-17-7-5-11-28-22(17)31-12-6-8-18(15-31)21(26)32;/h4-5,7,9-11,13,18H,6,8,12,14-16H2,1-3H3,(H2,26,32)(H2,27,29,30);1H. The Morgan fingerprint density at radius 1 is 1.30 bits per heavy atom. The Balaban J connectivity index is 0.00000385. The van der Waals surface area contributed by atoms with E-state index in [1.807, 2.05) is 18.2 Å². The predicted molar refractivity (Wildman–Crippen MR) is 141 cm³/mol. The van der Waals surface area contributed by atoms with E-state index in [1.54, 1.807) is 25.4 Å². The number of rotatable bonds is 7. The average molecular weight is 568 g/mol. The lowest BCUT2D eigenvalue weighted by molar-refractivity contribution is -0.122. The third-order valence-corrected chi connectivity index (χ3v) is 5.96. The molecule has 3 rings (SSSR count). The normalized spacial score (nSPS) is 16.7. The number of carbonyl (C=O) groups is 1. The smallest absolute Gasteiger partial charge is 0.222 e. The number of halogens is 2. The van der Waals surface area contributed by atoms with Crippen LogP contribution in [0.25, 0.3) is 0 Å². The molecule has 1 saturated heterocycles. The number of aliphatic imine (C=N–C) groups is 1. The first-order chi connectivity index (χ1) is 15.3. The maximum absolute atomic E-state index is 13.6. The van der Waals surface area contributed by atoms with Crippen LogP contribution in [0, 0.1) is 11.7 Å². The van der Waals surface area contributed by atoms with E-state index in [9.17, 15) is 9.18 Å². The summed E-state index contributed by atoms with van der Waals surface area (Å²) in [6.07, 6.45) is 3.50. The second-order valence-electron chi connectivity index (χ2n) is 8.85. The van der Waals surface area contributed by atoms with Gasteiger partial charge in [0.15, 0.2) is 5.96 Å². The minimum Gasteiger partial charge on any atom is -0.369 e. The molecule has 1 atom stereocenters. The zero-order valence-electron chi connectivity index (χ0n) is 19.5. The van der Waals surface area contributed by atoms with Crippen LogP contribution in [0.1, 0.15) is 37.8 Å². The number of aromatic nitrogens is 1. The highest BCUT2D eigenvalue weighted by atomic mass is 127. The van der Waals surface area contributed by atoms with Crippen molar-refractivity contribution in [3.63, 3.8) is 0 Å². The number of nitrogens with zero attached hydrogens (tertiary/aromatic N) is 3. The lowest BCUT2D eigenvalue weighted by Gasteiger charge is -2.33. The number of hydrogen-bond donors (Lipinski definition) is 3. The first-order valence-electron chi connectivity index (χ1n) is 11.0. The van der Waals surface area contributed by atoms with Gasteiger partial charge in [0.05, 0.1) is 5.92 Å². The number of guanidine groups is 1. The van der Waals surface area contributed by atoms with Crippen molar-refractivity contribution in [1.29, 1.82) is 0 Å². The molecule has 1 fully saturated rings. The van der Waals surface area contributed by atoms with E-state index in [-0.39, 0.29) is 47.0 Å². The highest BCUT2D eigenvalue weighted by molar-refractivity contribution is 14.0. The van der Waals surface area contributed by atoms with Gasteiger partial charge in [0.25, 0.3) is 0 Å². The second-order valence-corrected chi connectivity index (χ2v) is 8.85. The van der Waals surface area contributed by atoms with Crippen LogP contribution in [-0.2, 0) is 16.8 Å². The highest BCUT2D eigenvalue weighted by Crippen LogP contribution is 2.25. The summed E-state index contributed by atoms with van der Waals surface area (Å²) in [5.41, 5.74) is 7.20. The first-order valence-corrected chi connectivity index (χ1v) is 11.0. The number of amides is 1. The minimum atomic E-state index is -0.281. The van der Waals surface area contributed by atoms with Crippen LogP contribution >= 0.6 is 24.0 Å². The zero-order chi connectivity index (χ0) is 23.1. The van der Waals surface area contributed by atoms with Gasteiger partial charge in [-0.15, -0.1) is 24.0 Å². The van der Waals surface area contributed by atoms with E-state index in [0.29, 0.717) is 25.6 Å². The first kappa shape index (κ1) is 26.8. The molecule has 1 amide bonds. The van der Waals surface area contributed by atoms with Crippen molar-refractivity contribution >= 4 is 41.7 Å². The third kappa shape index (κ3) is 7.28. The van der Waals surface area contributed by atoms with Crippen LogP contribution in [0.3, 0.4) is 0 Å². The van der Waals surface area contributed by atoms with Gasteiger partial charge < -0.3 is 21.3 Å². The quantitative estimate of drug-likeness (QED) is 0.271. The van der Waals surface area contributed by atoms with Crippen LogP contribution < -0.4 is 21.3 Å². The maximum Gasteiger partial charge on any atom is 0.222 e. The summed E-state index contributed by atoms with van der Waals surface area (Å²) < 4.78 is 13.6. The molecule has 1 unspecified atom stereocenters. The summed E-state index contributed by atoms with van der Waals surface area (Å²) in [5.74, 6) is 0.875. The van der Waals surface area contributed by atoms with Crippen molar-refractivity contribution in [2.45, 2.75) is 38.6 Å². The van der Waals surface area contributed by atoms with Crippen molar-refractivity contribution in [2.75, 3.05) is 31.6 Å². The molecule has 0 bridgehead atoms. The largest absolute Gasteiger partial charge is 0.369 e. The number of nitrogens with two attached hydrogens (primary N) is 1. The van der Waals surface area contributed by atoms with Gasteiger partial charge in [-0.05, 0) is 36.6 Å². The summed E-state index contributed by atoms with van der Waals surface area (Å²) in [5, 5.41) is 6.68. The van der Waals surface area contributed by atoms with Crippen LogP contribution in [0.15, 0.2) is 47.6 Å². The average Bonchev–Trinajstić information content (AvgIpc) is 2.79. The molecule has 1 aliphatic rings. The maximum atomic E-state index is 13.6. The molecule has 180 valence electrons. The highest BCUT2D eigenvalue weighted by Gasteiger charge is 2.26. The van der Waals surface area contributed by atoms with Crippen molar-refractivity contribution < 1.29 is 9.18 Å². The summed E-state index contributed by atoms with van der Waals surface area (Å²) in [6.45, 7) is 6.68. The Bertz CT molecular complexity index is 967. The number of pyridine rings is 1. The molecule has 1 aromatic heterocycles. The number of hydrogen-bond acceptors (Lipinski definition) is 4. The van der Waals surface area contributed by atoms with E-state index < -0.39 is 0 Å². The Kier molecular flexibility index (Phi) is 9.87. The topological polar surface area (TPSA) is 95.6 Å². The van der Waals surface area contributed by atoms with E-state index in [4.69, 9.17) is 5.73 Å². The van der Waals surface area contributed by atoms with E-state index >= 15 is 0 Å². The van der Waals surface area contributed by atoms with Crippen LogP contribution in [-0.4, -0.2) is 43.5 Å². The minimum absolute atomic E-state index is 0. The fourth-order valence-electron chi connectivity index (χ4n) is 3.97. The van der Waals surface area contributed by atoms with E-state index in [2.05, 4.69) is 39.4 Å². The van der Waals surface area contributed by atoms with Gasteiger partial charge in [0.1, 0.15) is 11.6 Å². The molecular formula is C24H34FIN6O. The molecule has 4 N–H and O–H groups in total. The zero-order valence-corrected chi connectivity index (χ0v) is 21.8. The molecule has 1 aromatic carbocycles. The molecule has 2 heterocycles. The van der Waals surface area contributed by atoms with Gasteiger partial charge >= 0.3 is 0 Å². The van der Waals surface area contributed by atoms with Crippen LogP contribution in [0.4, 0.5) is 10.2 Å². The SMILES string of the molecule is CN=C(NCc1cccnc1N1CCCC(C(N)=O)C1)NCC(C)(C)c1cccc(F)c1.I. The number of primary amides is 1. The molecule has 0 radical (unpaired) electrons. The molecule has 2 aromatic rings. The predicted octanol–water partition coefficient (Wildman–Crippen LogP) is 3.18. The number of nitrogens with one attached hydrogen (secondary N) is 2. The Morgan fingerprint density at radius 2 is 2.09 bits per heavy atom. The number of carbonyl (C=O) groups excluding carboxylic acids is 1. The summed E-state index contributed by atoms with van der Waals surface area (Å²) >= 11 is 0. The molecule has 0 aliphatic carbocycles. The third-order valence-electron chi connectivity index (χ3n) is 5.96.